The van der Waals surface area contributed by atoms with E-state index in [-0.39, 0.29) is 16.9 Å². The van der Waals surface area contributed by atoms with Gasteiger partial charge in [0.05, 0.1) is 0 Å². The average Bonchev–Trinajstić information content (AvgIpc) is 0.966. The van der Waals surface area contributed by atoms with Gasteiger partial charge in [-0.05, 0) is 164 Å². The van der Waals surface area contributed by atoms with Gasteiger partial charge in [0.1, 0.15) is 11.5 Å². The first-order valence-corrected chi connectivity index (χ1v) is 31.5. The van der Waals surface area contributed by atoms with E-state index < -0.39 is 18.5 Å². The summed E-state index contributed by atoms with van der Waals surface area (Å²) in [5.41, 5.74) is 19.3. The van der Waals surface area contributed by atoms with Gasteiger partial charge >= 0.3 is 25.3 Å². The van der Waals surface area contributed by atoms with Gasteiger partial charge in [0.15, 0.2) is 0 Å². The van der Waals surface area contributed by atoms with Crippen LogP contribution in [0.25, 0.3) is 66.8 Å². The number of nitrogens with zero attached hydrogens (tertiary/aromatic N) is 4. The quantitative estimate of drug-likeness (QED) is 0.0829. The second-order valence-corrected chi connectivity index (χ2v) is 22.5. The molecule has 0 heterocycles. The van der Waals surface area contributed by atoms with Crippen molar-refractivity contribution in [3.8, 4) is 78.3 Å². The van der Waals surface area contributed by atoms with Crippen molar-refractivity contribution in [1.29, 1.82) is 0 Å². The zero-order valence-corrected chi connectivity index (χ0v) is 51.8. The van der Waals surface area contributed by atoms with E-state index in [4.69, 9.17) is 16.8 Å². The number of aromatic hydroxyl groups is 2. The fourth-order valence-corrected chi connectivity index (χ4v) is 11.2. The number of anilines is 6. The van der Waals surface area contributed by atoms with Crippen molar-refractivity contribution >= 4 is 46.6 Å². The molecule has 0 bridgehead atoms. The van der Waals surface area contributed by atoms with Crippen LogP contribution in [-0.4, -0.2) is 35.7 Å². The normalized spacial score (nSPS) is 11.2. The first-order valence-electron chi connectivity index (χ1n) is 29.1. The van der Waals surface area contributed by atoms with Gasteiger partial charge in [-0.3, -0.25) is 9.98 Å². The van der Waals surface area contributed by atoms with Crippen LogP contribution in [0.3, 0.4) is 0 Å². The standard InChI is InChI=1S/C79H64N4O2.2O.W/c1-79(2,55-80-53-63-45-43-61(47-75(63)84)77-71(57-27-11-3-12-28-57)49-69(50-72(77)58-29-13-4-14-30-58)82(65-35-19-7-20-36-65)66-37-21-8-22-38-66)56-81-54-64-46-44-62(48-76(64)85)78-73(59-31-15-5-16-32-59)51-70(52-74(78)60-33-17-6-18-34-60)83(67-39-23-9-24-40-67)68-41-25-10-26-42-68;;;/h3-54,84-85H,55-56H2,1-2H3;;;. The molecule has 12 aromatic rings. The van der Waals surface area contributed by atoms with E-state index in [1.807, 2.05) is 72.8 Å². The van der Waals surface area contributed by atoms with Gasteiger partial charge in [-0.1, -0.05) is 220 Å². The van der Waals surface area contributed by atoms with Crippen LogP contribution in [0.4, 0.5) is 34.1 Å². The molecule has 0 radical (unpaired) electrons. The first-order chi connectivity index (χ1) is 43.2. The number of aliphatic imine (C=N–C) groups is 2. The molecule has 0 aliphatic heterocycles. The number of hydrogen-bond acceptors (Lipinski definition) is 8. The molecule has 0 spiro atoms. The molecule has 2 N–H and O–H groups in total. The summed E-state index contributed by atoms with van der Waals surface area (Å²) in [6.45, 7) is 5.17. The summed E-state index contributed by atoms with van der Waals surface area (Å²) in [7, 11) is 0. The van der Waals surface area contributed by atoms with E-state index in [0.717, 1.165) is 101 Å². The van der Waals surface area contributed by atoms with Crippen LogP contribution in [0.2, 0.25) is 0 Å². The molecule has 0 fully saturated rings. The van der Waals surface area contributed by atoms with Crippen LogP contribution in [-0.2, 0) is 25.3 Å². The van der Waals surface area contributed by atoms with Crippen molar-refractivity contribution in [2.45, 2.75) is 13.8 Å². The zero-order chi connectivity index (χ0) is 60.7. The minimum absolute atomic E-state index is 0.136. The summed E-state index contributed by atoms with van der Waals surface area (Å²) in [6, 6.07) is 105. The topological polar surface area (TPSA) is 106 Å². The summed E-state index contributed by atoms with van der Waals surface area (Å²) in [6.07, 6.45) is 3.51. The number of hydrogen-bond donors (Lipinski definition) is 2. The molecule has 0 saturated heterocycles. The summed E-state index contributed by atoms with van der Waals surface area (Å²) in [5, 5.41) is 23.7. The maximum absolute atomic E-state index is 11.8. The number of benzene rings is 12. The van der Waals surface area contributed by atoms with Crippen LogP contribution in [0, 0.1) is 5.41 Å². The molecule has 12 rings (SSSR count). The van der Waals surface area contributed by atoms with Crippen LogP contribution in [0.1, 0.15) is 25.0 Å². The van der Waals surface area contributed by atoms with Crippen molar-refractivity contribution in [3.05, 3.63) is 314 Å². The third-order valence-electron chi connectivity index (χ3n) is 15.3. The molecule has 0 saturated carbocycles. The molecule has 0 aromatic heterocycles. The third-order valence-corrected chi connectivity index (χ3v) is 15.3. The molecule has 9 heteroatoms. The fraction of sp³-hybridized carbons (Fsp3) is 0.0633. The Labute approximate surface area is 523 Å². The van der Waals surface area contributed by atoms with Crippen molar-refractivity contribution in [3.63, 3.8) is 0 Å². The van der Waals surface area contributed by atoms with Crippen molar-refractivity contribution in [2.75, 3.05) is 22.9 Å². The van der Waals surface area contributed by atoms with Gasteiger partial charge in [-0.2, -0.15) is 0 Å². The molecule has 0 amide bonds. The molecular weight excluding hydrogens is 1250 g/mol. The first kappa shape index (κ1) is 59.2. The number of phenols is 2. The Morgan fingerprint density at radius 1 is 0.330 bits per heavy atom. The van der Waals surface area contributed by atoms with Gasteiger partial charge in [-0.15, -0.1) is 0 Å². The summed E-state index contributed by atoms with van der Waals surface area (Å²) >= 11 is -2.25. The Morgan fingerprint density at radius 3 is 0.807 bits per heavy atom. The van der Waals surface area contributed by atoms with Crippen LogP contribution >= 0.6 is 0 Å². The number of rotatable bonds is 18. The van der Waals surface area contributed by atoms with Gasteiger partial charge < -0.3 is 20.0 Å². The van der Waals surface area contributed by atoms with E-state index >= 15 is 0 Å². The van der Waals surface area contributed by atoms with E-state index in [0.29, 0.717) is 24.2 Å². The molecule has 430 valence electrons. The Hall–Kier alpha value is -10.5. The summed E-state index contributed by atoms with van der Waals surface area (Å²) < 4.78 is 17.1. The Bertz CT molecular complexity index is 3900. The van der Waals surface area contributed by atoms with Crippen LogP contribution in [0.5, 0.6) is 11.5 Å². The summed E-state index contributed by atoms with van der Waals surface area (Å²) in [5.74, 6) is 0.273. The molecule has 0 aliphatic rings. The second kappa shape index (κ2) is 28.1. The van der Waals surface area contributed by atoms with E-state index in [9.17, 15) is 10.2 Å². The van der Waals surface area contributed by atoms with E-state index in [1.165, 1.54) is 0 Å². The van der Waals surface area contributed by atoms with Crippen molar-refractivity contribution < 1.29 is 35.5 Å². The Morgan fingerprint density at radius 2 is 0.568 bits per heavy atom. The zero-order valence-electron chi connectivity index (χ0n) is 48.8. The Balaban J connectivity index is 0.00000262. The molecule has 12 aromatic carbocycles. The van der Waals surface area contributed by atoms with E-state index in [2.05, 4.69) is 254 Å². The SMILES string of the molecule is CC(C)(CN=Cc1ccc(-c2c(-c3ccccc3)cc(N(c3ccccc3)c3ccccc3)cc2-c2ccccc2)cc1O)CN=Cc1ccc(-c2c(-c3ccccc3)cc(N(c3ccccc3)c3ccccc3)cc2-c2ccccc2)cc1O.[O]=[W]=[O]. The van der Waals surface area contributed by atoms with Crippen LogP contribution < -0.4 is 9.80 Å². The van der Waals surface area contributed by atoms with Crippen LogP contribution in [0.15, 0.2) is 313 Å². The van der Waals surface area contributed by atoms with E-state index in [1.54, 1.807) is 12.4 Å². The predicted molar refractivity (Wildman–Crippen MR) is 358 cm³/mol. The molecule has 0 unspecified atom stereocenters. The molecule has 88 heavy (non-hydrogen) atoms. The van der Waals surface area contributed by atoms with Gasteiger partial charge in [0.2, 0.25) is 0 Å². The predicted octanol–water partition coefficient (Wildman–Crippen LogP) is 20.4. The maximum atomic E-state index is 11.8. The molecular formula is C79H64N4O4W. The van der Waals surface area contributed by atoms with Crippen molar-refractivity contribution in [1.82, 2.24) is 0 Å². The monoisotopic (exact) mass is 1320 g/mol. The third kappa shape index (κ3) is 13.9. The molecule has 0 atom stereocenters. The van der Waals surface area contributed by atoms with Gasteiger partial charge in [-0.25, -0.2) is 0 Å². The molecule has 0 aliphatic carbocycles. The second-order valence-electron chi connectivity index (χ2n) is 22.0. The minimum atomic E-state index is -2.25. The number of phenolic OH excluding ortho intramolecular Hbond substituents is 2. The van der Waals surface area contributed by atoms with Crippen molar-refractivity contribution in [2.24, 2.45) is 15.4 Å². The number of para-hydroxylation sites is 4. The fourth-order valence-electron chi connectivity index (χ4n) is 11.2. The van der Waals surface area contributed by atoms with Gasteiger partial charge in [0.25, 0.3) is 0 Å². The summed E-state index contributed by atoms with van der Waals surface area (Å²) in [4.78, 5) is 14.4. The van der Waals surface area contributed by atoms with Gasteiger partial charge in [0, 0.05) is 76.2 Å². The average molecular weight is 1320 g/mol. The molecule has 8 nitrogen and oxygen atoms in total. The Kier molecular flexibility index (Phi) is 18.9.